The molecule has 0 fully saturated rings. The molecule has 0 aliphatic carbocycles. The quantitative estimate of drug-likeness (QED) is 0.351. The monoisotopic (exact) mass is 514 g/mol. The molecule has 0 saturated carbocycles. The maximum absolute atomic E-state index is 12.5. The SMILES string of the molecule is COC(=O)C(c1c[nH]c2cc(C#CSI)ccc12)C(C)NC(=O)OC(C)(C)C. The second-order valence-corrected chi connectivity index (χ2v) is 8.92. The van der Waals surface area contributed by atoms with Crippen LogP contribution in [0.15, 0.2) is 24.4 Å². The zero-order chi connectivity index (χ0) is 20.9. The van der Waals surface area contributed by atoms with E-state index in [1.165, 1.54) is 16.0 Å². The maximum atomic E-state index is 12.5. The molecule has 2 aromatic rings. The lowest BCUT2D eigenvalue weighted by Crippen LogP contribution is -2.42. The largest absolute Gasteiger partial charge is 0.468 e. The molecule has 0 radical (unpaired) electrons. The van der Waals surface area contributed by atoms with Crippen molar-refractivity contribution in [3.63, 3.8) is 0 Å². The number of aromatic amines is 1. The van der Waals surface area contributed by atoms with E-state index in [1.807, 2.05) is 18.2 Å². The van der Waals surface area contributed by atoms with E-state index in [4.69, 9.17) is 9.47 Å². The summed E-state index contributed by atoms with van der Waals surface area (Å²) in [6.07, 6.45) is 1.19. The predicted octanol–water partition coefficient (Wildman–Crippen LogP) is 4.73. The molecule has 0 aliphatic heterocycles. The second-order valence-electron chi connectivity index (χ2n) is 7.24. The van der Waals surface area contributed by atoms with Crippen molar-refractivity contribution >= 4 is 53.1 Å². The van der Waals surface area contributed by atoms with Crippen molar-refractivity contribution in [2.45, 2.75) is 45.3 Å². The number of carbonyl (C=O) groups excluding carboxylic acids is 2. The Labute approximate surface area is 181 Å². The third-order valence-electron chi connectivity index (χ3n) is 3.98. The number of H-pyrrole nitrogens is 1. The lowest BCUT2D eigenvalue weighted by atomic mass is 9.92. The van der Waals surface area contributed by atoms with E-state index >= 15 is 0 Å². The highest BCUT2D eigenvalue weighted by atomic mass is 127. The van der Waals surface area contributed by atoms with Crippen LogP contribution in [0.3, 0.4) is 0 Å². The molecule has 28 heavy (non-hydrogen) atoms. The summed E-state index contributed by atoms with van der Waals surface area (Å²) in [5, 5.41) is 6.57. The summed E-state index contributed by atoms with van der Waals surface area (Å²) in [7, 11) is 2.75. The minimum absolute atomic E-state index is 0.436. The van der Waals surface area contributed by atoms with Crippen LogP contribution in [0, 0.1) is 11.2 Å². The average Bonchev–Trinajstić information content (AvgIpc) is 3.01. The van der Waals surface area contributed by atoms with Crippen LogP contribution < -0.4 is 5.32 Å². The van der Waals surface area contributed by atoms with Crippen molar-refractivity contribution < 1.29 is 19.1 Å². The molecule has 1 aromatic heterocycles. The number of carbonyl (C=O) groups is 2. The first-order chi connectivity index (χ1) is 13.2. The van der Waals surface area contributed by atoms with E-state index in [1.54, 1.807) is 33.9 Å². The van der Waals surface area contributed by atoms with Crippen molar-refractivity contribution in [3.8, 4) is 11.2 Å². The summed E-state index contributed by atoms with van der Waals surface area (Å²) < 4.78 is 10.3. The molecule has 0 spiro atoms. The fraction of sp³-hybridized carbons (Fsp3) is 0.400. The molecule has 0 aliphatic rings. The number of alkyl carbamates (subject to hydrolysis) is 1. The van der Waals surface area contributed by atoms with Gasteiger partial charge in [-0.25, -0.2) is 4.79 Å². The van der Waals surface area contributed by atoms with E-state index in [-0.39, 0.29) is 0 Å². The van der Waals surface area contributed by atoms with Crippen LogP contribution in [-0.2, 0) is 14.3 Å². The van der Waals surface area contributed by atoms with Crippen LogP contribution in [0.2, 0.25) is 0 Å². The number of hydrogen-bond donors (Lipinski definition) is 2. The number of nitrogens with one attached hydrogen (secondary N) is 2. The van der Waals surface area contributed by atoms with E-state index in [0.29, 0.717) is 0 Å². The van der Waals surface area contributed by atoms with Gasteiger partial charge in [-0.3, -0.25) is 4.79 Å². The van der Waals surface area contributed by atoms with E-state index in [9.17, 15) is 9.59 Å². The van der Waals surface area contributed by atoms with Gasteiger partial charge in [-0.05, 0) is 59.6 Å². The topological polar surface area (TPSA) is 80.4 Å². The Morgan fingerprint density at radius 1 is 1.32 bits per heavy atom. The Hall–Kier alpha value is -1.86. The Bertz CT molecular complexity index is 924. The molecule has 1 heterocycles. The number of fused-ring (bicyclic) bond motifs is 1. The molecule has 0 saturated heterocycles. The molecule has 2 unspecified atom stereocenters. The second kappa shape index (κ2) is 9.56. The van der Waals surface area contributed by atoms with Crippen LogP contribution in [-0.4, -0.2) is 35.8 Å². The Morgan fingerprint density at radius 2 is 2.04 bits per heavy atom. The highest BCUT2D eigenvalue weighted by Crippen LogP contribution is 2.30. The minimum atomic E-state index is -0.687. The van der Waals surface area contributed by atoms with Gasteiger partial charge in [0.15, 0.2) is 0 Å². The third-order valence-corrected chi connectivity index (χ3v) is 4.82. The first kappa shape index (κ1) is 22.4. The smallest absolute Gasteiger partial charge is 0.407 e. The third kappa shape index (κ3) is 5.82. The van der Waals surface area contributed by atoms with Crippen LogP contribution in [0.4, 0.5) is 4.79 Å². The molecule has 8 heteroatoms. The van der Waals surface area contributed by atoms with Gasteiger partial charge in [0.25, 0.3) is 0 Å². The molecular formula is C20H23IN2O4S. The molecule has 1 aromatic carbocycles. The first-order valence-electron chi connectivity index (χ1n) is 8.63. The number of methoxy groups -OCH3 is 1. The van der Waals surface area contributed by atoms with E-state index in [2.05, 4.69) is 42.7 Å². The van der Waals surface area contributed by atoms with Gasteiger partial charge in [0.2, 0.25) is 0 Å². The number of aromatic nitrogens is 1. The molecule has 150 valence electrons. The molecule has 2 rings (SSSR count). The summed E-state index contributed by atoms with van der Waals surface area (Å²) in [6.45, 7) is 7.10. The lowest BCUT2D eigenvalue weighted by Gasteiger charge is -2.25. The molecule has 1 amide bonds. The number of hydrogen-bond acceptors (Lipinski definition) is 5. The summed E-state index contributed by atoms with van der Waals surface area (Å²) in [6, 6.07) is 5.22. The zero-order valence-electron chi connectivity index (χ0n) is 16.4. The zero-order valence-corrected chi connectivity index (χ0v) is 19.4. The number of ether oxygens (including phenoxy) is 2. The lowest BCUT2D eigenvalue weighted by molar-refractivity contribution is -0.143. The number of amides is 1. The van der Waals surface area contributed by atoms with Gasteiger partial charge in [-0.15, -0.1) is 0 Å². The molecule has 6 nitrogen and oxygen atoms in total. The van der Waals surface area contributed by atoms with Gasteiger partial charge in [-0.1, -0.05) is 12.0 Å². The standard InChI is InChI=1S/C20H23IN2O4S/c1-12(23-19(25)27-20(2,3)4)17(18(24)26-5)15-11-22-16-10-13(8-9-28-21)6-7-14(15)16/h6-7,10-12,17,22H,1-5H3,(H,23,25). The van der Waals surface area contributed by atoms with Gasteiger partial charge >= 0.3 is 12.1 Å². The van der Waals surface area contributed by atoms with Crippen molar-refractivity contribution in [1.82, 2.24) is 10.3 Å². The van der Waals surface area contributed by atoms with Gasteiger partial charge < -0.3 is 19.8 Å². The fourth-order valence-corrected chi connectivity index (χ4v) is 3.35. The Balaban J connectivity index is 2.35. The molecule has 2 atom stereocenters. The maximum Gasteiger partial charge on any atom is 0.407 e. The number of halogens is 1. The number of benzene rings is 1. The number of esters is 1. The van der Waals surface area contributed by atoms with Crippen molar-refractivity contribution in [2.75, 3.05) is 7.11 Å². The summed E-state index contributed by atoms with van der Waals surface area (Å²) in [5.74, 6) is 1.93. The minimum Gasteiger partial charge on any atom is -0.468 e. The van der Waals surface area contributed by atoms with Crippen molar-refractivity contribution in [1.29, 1.82) is 0 Å². The van der Waals surface area contributed by atoms with Gasteiger partial charge in [0.05, 0.1) is 7.11 Å². The highest BCUT2D eigenvalue weighted by Gasteiger charge is 2.32. The Morgan fingerprint density at radius 3 is 2.64 bits per heavy atom. The first-order valence-corrected chi connectivity index (χ1v) is 12.0. The predicted molar refractivity (Wildman–Crippen MR) is 120 cm³/mol. The summed E-state index contributed by atoms with van der Waals surface area (Å²) >= 11 is 2.12. The molecule has 2 N–H and O–H groups in total. The van der Waals surface area contributed by atoms with Crippen LogP contribution >= 0.6 is 30.1 Å². The van der Waals surface area contributed by atoms with E-state index < -0.39 is 29.6 Å². The van der Waals surface area contributed by atoms with E-state index in [0.717, 1.165) is 22.0 Å². The van der Waals surface area contributed by atoms with Crippen LogP contribution in [0.25, 0.3) is 10.9 Å². The van der Waals surface area contributed by atoms with Crippen LogP contribution in [0.1, 0.15) is 44.7 Å². The normalized spacial score (nSPS) is 13.2. The van der Waals surface area contributed by atoms with Crippen molar-refractivity contribution in [2.24, 2.45) is 0 Å². The van der Waals surface area contributed by atoms with Crippen LogP contribution in [0.5, 0.6) is 0 Å². The van der Waals surface area contributed by atoms with Gasteiger partial charge in [-0.2, -0.15) is 0 Å². The number of rotatable bonds is 4. The fourth-order valence-electron chi connectivity index (χ4n) is 2.87. The molecule has 0 bridgehead atoms. The molecular weight excluding hydrogens is 491 g/mol. The van der Waals surface area contributed by atoms with Crippen molar-refractivity contribution in [3.05, 3.63) is 35.5 Å². The Kier molecular flexibility index (Phi) is 7.66. The summed E-state index contributed by atoms with van der Waals surface area (Å²) in [4.78, 5) is 27.9. The van der Waals surface area contributed by atoms with Gasteiger partial charge in [0, 0.05) is 49.9 Å². The highest BCUT2D eigenvalue weighted by molar-refractivity contribution is 14.2. The summed E-state index contributed by atoms with van der Waals surface area (Å²) in [5.41, 5.74) is 1.85. The average molecular weight is 514 g/mol. The van der Waals surface area contributed by atoms with Gasteiger partial charge in [0.1, 0.15) is 11.5 Å².